The van der Waals surface area contributed by atoms with Crippen molar-refractivity contribution < 1.29 is 27.8 Å². The maximum atomic E-state index is 12.4. The molecule has 17 heavy (non-hydrogen) atoms. The van der Waals surface area contributed by atoms with Gasteiger partial charge in [-0.1, -0.05) is 0 Å². The minimum Gasteiger partial charge on any atom is -0.460 e. The molecule has 0 heterocycles. The fraction of sp³-hybridized carbons (Fsp3) is 0.600. The van der Waals surface area contributed by atoms with Gasteiger partial charge >= 0.3 is 18.1 Å². The molecule has 0 aliphatic carbocycles. The summed E-state index contributed by atoms with van der Waals surface area (Å²) >= 11 is 0. The fourth-order valence-corrected chi connectivity index (χ4v) is 0.988. The van der Waals surface area contributed by atoms with Crippen molar-refractivity contribution in [3.05, 3.63) is 11.8 Å². The third-order valence-electron chi connectivity index (χ3n) is 1.84. The lowest BCUT2D eigenvalue weighted by Crippen LogP contribution is -2.32. The summed E-state index contributed by atoms with van der Waals surface area (Å²) in [6.45, 7) is 5.27. The zero-order chi connectivity index (χ0) is 13.4. The highest BCUT2D eigenvalue weighted by Crippen LogP contribution is 2.13. The van der Waals surface area contributed by atoms with Gasteiger partial charge in [-0.05, 0) is 20.8 Å². The van der Waals surface area contributed by atoms with Crippen LogP contribution in [-0.4, -0.2) is 36.7 Å². The van der Waals surface area contributed by atoms with Gasteiger partial charge in [0.2, 0.25) is 0 Å². The Labute approximate surface area is 98.0 Å². The highest BCUT2D eigenvalue weighted by molar-refractivity contribution is 5.89. The topological polar surface area (TPSA) is 55.8 Å². The van der Waals surface area contributed by atoms with Crippen LogP contribution in [0.2, 0.25) is 0 Å². The first-order valence-electron chi connectivity index (χ1n) is 5.16. The molecule has 0 radical (unpaired) electrons. The van der Waals surface area contributed by atoms with Crippen LogP contribution in [0.5, 0.6) is 0 Å². The van der Waals surface area contributed by atoms with Gasteiger partial charge in [-0.2, -0.15) is 8.78 Å². The monoisotopic (exact) mass is 251 g/mol. The summed E-state index contributed by atoms with van der Waals surface area (Å²) < 4.78 is 33.4. The maximum Gasteiger partial charge on any atom is 0.415 e. The van der Waals surface area contributed by atoms with Crippen molar-refractivity contribution in [2.24, 2.45) is 0 Å². The fourth-order valence-electron chi connectivity index (χ4n) is 0.988. The van der Waals surface area contributed by atoms with Crippen molar-refractivity contribution in [2.75, 3.05) is 19.7 Å². The third-order valence-corrected chi connectivity index (χ3v) is 1.84. The summed E-state index contributed by atoms with van der Waals surface area (Å²) in [5.74, 6) is -2.71. The number of amides is 1. The summed E-state index contributed by atoms with van der Waals surface area (Å²) in [4.78, 5) is 23.6. The lowest BCUT2D eigenvalue weighted by Gasteiger charge is -2.17. The number of carbonyl (C=O) groups is 2. The third kappa shape index (κ3) is 4.80. The highest BCUT2D eigenvalue weighted by atomic mass is 19.3. The van der Waals surface area contributed by atoms with Gasteiger partial charge in [-0.3, -0.25) is 0 Å². The summed E-state index contributed by atoms with van der Waals surface area (Å²) in [7, 11) is 0. The zero-order valence-electron chi connectivity index (χ0n) is 9.96. The minimum absolute atomic E-state index is 0.0849. The van der Waals surface area contributed by atoms with Crippen LogP contribution in [0.3, 0.4) is 0 Å². The predicted molar refractivity (Wildman–Crippen MR) is 55.3 cm³/mol. The molecule has 0 unspecified atom stereocenters. The molecule has 0 N–H and O–H groups in total. The molecular weight excluding hydrogens is 236 g/mol. The van der Waals surface area contributed by atoms with E-state index in [1.165, 1.54) is 6.92 Å². The normalized spacial score (nSPS) is 9.47. The first kappa shape index (κ1) is 15.3. The van der Waals surface area contributed by atoms with Crippen molar-refractivity contribution >= 4 is 12.1 Å². The SMILES string of the molecule is CCOC(=O)C(OC(=O)N(CC)CC)=C(F)F. The maximum absolute atomic E-state index is 12.4. The Morgan fingerprint density at radius 1 is 1.12 bits per heavy atom. The summed E-state index contributed by atoms with van der Waals surface area (Å²) in [6.07, 6.45) is -3.39. The second-order valence-corrected chi connectivity index (χ2v) is 2.85. The van der Waals surface area contributed by atoms with E-state index in [4.69, 9.17) is 0 Å². The van der Waals surface area contributed by atoms with Gasteiger partial charge in [0.15, 0.2) is 0 Å². The number of carbonyl (C=O) groups excluding carboxylic acids is 2. The second kappa shape index (κ2) is 7.59. The molecule has 0 aromatic carbocycles. The van der Waals surface area contributed by atoms with E-state index < -0.39 is 23.9 Å². The highest BCUT2D eigenvalue weighted by Gasteiger charge is 2.25. The molecular formula is C10H15F2NO4. The summed E-state index contributed by atoms with van der Waals surface area (Å²) in [5, 5.41) is 0. The van der Waals surface area contributed by atoms with Crippen LogP contribution in [-0.2, 0) is 14.3 Å². The van der Waals surface area contributed by atoms with Crippen LogP contribution >= 0.6 is 0 Å². The average Bonchev–Trinajstić information content (AvgIpc) is 2.27. The largest absolute Gasteiger partial charge is 0.460 e. The summed E-state index contributed by atoms with van der Waals surface area (Å²) in [6, 6.07) is 0. The smallest absolute Gasteiger partial charge is 0.415 e. The number of ether oxygens (including phenoxy) is 2. The first-order chi connectivity index (χ1) is 7.97. The second-order valence-electron chi connectivity index (χ2n) is 2.85. The van der Waals surface area contributed by atoms with Gasteiger partial charge in [-0.15, -0.1) is 0 Å². The molecule has 0 fully saturated rings. The number of esters is 1. The molecule has 5 nitrogen and oxygen atoms in total. The van der Waals surface area contributed by atoms with E-state index in [-0.39, 0.29) is 6.61 Å². The number of nitrogens with zero attached hydrogens (tertiary/aromatic N) is 1. The molecule has 0 rings (SSSR count). The van der Waals surface area contributed by atoms with Crippen molar-refractivity contribution in [3.8, 4) is 0 Å². The van der Waals surface area contributed by atoms with Crippen LogP contribution in [0.25, 0.3) is 0 Å². The van der Waals surface area contributed by atoms with E-state index in [1.807, 2.05) is 0 Å². The average molecular weight is 251 g/mol. The molecule has 0 bridgehead atoms. The van der Waals surface area contributed by atoms with Crippen molar-refractivity contribution in [2.45, 2.75) is 20.8 Å². The lowest BCUT2D eigenvalue weighted by atomic mass is 10.5. The first-order valence-corrected chi connectivity index (χ1v) is 5.16. The van der Waals surface area contributed by atoms with Crippen LogP contribution in [0, 0.1) is 0 Å². The number of hydrogen-bond acceptors (Lipinski definition) is 4. The molecule has 0 aliphatic heterocycles. The van der Waals surface area contributed by atoms with E-state index in [9.17, 15) is 18.4 Å². The molecule has 7 heteroatoms. The molecule has 0 aromatic heterocycles. The standard InChI is InChI=1S/C10H15F2NO4/c1-4-13(5-2)10(15)17-7(8(11)12)9(14)16-6-3/h4-6H2,1-3H3. The quantitative estimate of drug-likeness (QED) is 0.426. The molecule has 0 atom stereocenters. The minimum atomic E-state index is -2.39. The number of hydrogen-bond donors (Lipinski definition) is 0. The molecule has 1 amide bonds. The van der Waals surface area contributed by atoms with Gasteiger partial charge in [0.25, 0.3) is 5.76 Å². The molecule has 0 spiro atoms. The van der Waals surface area contributed by atoms with Crippen molar-refractivity contribution in [1.82, 2.24) is 4.90 Å². The molecule has 0 aromatic rings. The Bertz CT molecular complexity index is 309. The van der Waals surface area contributed by atoms with Gasteiger partial charge < -0.3 is 14.4 Å². The van der Waals surface area contributed by atoms with Gasteiger partial charge in [0, 0.05) is 13.1 Å². The zero-order valence-corrected chi connectivity index (χ0v) is 9.96. The predicted octanol–water partition coefficient (Wildman–Crippen LogP) is 2.14. The Balaban J connectivity index is 4.75. The number of halogens is 2. The Morgan fingerprint density at radius 2 is 1.65 bits per heavy atom. The van der Waals surface area contributed by atoms with Crippen LogP contribution in [0.15, 0.2) is 11.8 Å². The molecule has 0 saturated heterocycles. The van der Waals surface area contributed by atoms with Crippen LogP contribution in [0.1, 0.15) is 20.8 Å². The molecule has 98 valence electrons. The Kier molecular flexibility index (Phi) is 6.85. The molecule has 0 saturated carbocycles. The van der Waals surface area contributed by atoms with Crippen molar-refractivity contribution in [3.63, 3.8) is 0 Å². The van der Waals surface area contributed by atoms with Gasteiger partial charge in [0.1, 0.15) is 0 Å². The number of rotatable bonds is 5. The van der Waals surface area contributed by atoms with Gasteiger partial charge in [-0.25, -0.2) is 9.59 Å². The molecule has 0 aliphatic rings. The Morgan fingerprint density at radius 3 is 2.00 bits per heavy atom. The van der Waals surface area contributed by atoms with Crippen molar-refractivity contribution in [1.29, 1.82) is 0 Å². The Hall–Kier alpha value is -1.66. The van der Waals surface area contributed by atoms with Crippen LogP contribution in [0.4, 0.5) is 13.6 Å². The van der Waals surface area contributed by atoms with Gasteiger partial charge in [0.05, 0.1) is 6.61 Å². The lowest BCUT2D eigenvalue weighted by molar-refractivity contribution is -0.142. The van der Waals surface area contributed by atoms with E-state index in [2.05, 4.69) is 9.47 Å². The van der Waals surface area contributed by atoms with E-state index in [0.717, 1.165) is 4.90 Å². The van der Waals surface area contributed by atoms with Crippen LogP contribution < -0.4 is 0 Å². The van der Waals surface area contributed by atoms with E-state index >= 15 is 0 Å². The van der Waals surface area contributed by atoms with E-state index in [0.29, 0.717) is 13.1 Å². The summed E-state index contributed by atoms with van der Waals surface area (Å²) in [5.41, 5.74) is 0. The van der Waals surface area contributed by atoms with E-state index in [1.54, 1.807) is 13.8 Å².